The minimum atomic E-state index is -0.00468. The fourth-order valence-corrected chi connectivity index (χ4v) is 5.44. The van der Waals surface area contributed by atoms with E-state index in [1.54, 1.807) is 0 Å². The summed E-state index contributed by atoms with van der Waals surface area (Å²) >= 11 is 6.03. The van der Waals surface area contributed by atoms with Crippen molar-refractivity contribution in [2.24, 2.45) is 23.2 Å². The normalized spacial score (nSPS) is 42.9. The Balaban J connectivity index is 1.76. The van der Waals surface area contributed by atoms with Crippen molar-refractivity contribution in [3.05, 3.63) is 0 Å². The lowest BCUT2D eigenvalue weighted by atomic mass is 9.49. The zero-order chi connectivity index (χ0) is 12.9. The molecule has 0 saturated heterocycles. The number of carbonyl (C=O) groups excluding carboxylic acids is 1. The van der Waals surface area contributed by atoms with Crippen LogP contribution in [0.4, 0.5) is 0 Å². The van der Waals surface area contributed by atoms with Crippen molar-refractivity contribution in [3.8, 4) is 0 Å². The zero-order valence-electron chi connectivity index (χ0n) is 11.5. The molecule has 18 heavy (non-hydrogen) atoms. The average Bonchev–Trinajstić information content (AvgIpc) is 2.25. The maximum absolute atomic E-state index is 12.8. The summed E-state index contributed by atoms with van der Waals surface area (Å²) in [6.07, 6.45) is 7.63. The van der Waals surface area contributed by atoms with Crippen molar-refractivity contribution < 1.29 is 4.79 Å². The number of amides is 1. The number of hydrogen-bond acceptors (Lipinski definition) is 1. The topological polar surface area (TPSA) is 20.3 Å². The molecule has 102 valence electrons. The third kappa shape index (κ3) is 2.07. The second kappa shape index (κ2) is 4.40. The van der Waals surface area contributed by atoms with E-state index in [4.69, 9.17) is 11.6 Å². The molecule has 4 aliphatic carbocycles. The molecule has 0 radical (unpaired) electrons. The molecule has 2 nitrogen and oxygen atoms in total. The van der Waals surface area contributed by atoms with Crippen LogP contribution in [0.25, 0.3) is 0 Å². The maximum atomic E-state index is 12.8. The highest BCUT2D eigenvalue weighted by atomic mass is 35.5. The molecule has 0 aliphatic heterocycles. The highest BCUT2D eigenvalue weighted by Crippen LogP contribution is 2.60. The predicted octanol–water partition coefficient (Wildman–Crippen LogP) is 3.29. The summed E-state index contributed by atoms with van der Waals surface area (Å²) in [7, 11) is 1.93. The molecular formula is C15H24ClNO. The van der Waals surface area contributed by atoms with E-state index in [2.05, 4.69) is 0 Å². The summed E-state index contributed by atoms with van der Waals surface area (Å²) in [4.78, 5) is 14.7. The van der Waals surface area contributed by atoms with Crippen LogP contribution in [0.1, 0.15) is 45.4 Å². The summed E-state index contributed by atoms with van der Waals surface area (Å²) in [5.41, 5.74) is -0.00468. The first-order valence-electron chi connectivity index (χ1n) is 7.38. The van der Waals surface area contributed by atoms with Gasteiger partial charge in [-0.1, -0.05) is 0 Å². The molecular weight excluding hydrogens is 246 g/mol. The smallest absolute Gasteiger partial charge is 0.228 e. The van der Waals surface area contributed by atoms with Crippen molar-refractivity contribution >= 4 is 17.5 Å². The second-order valence-electron chi connectivity index (χ2n) is 7.16. The molecule has 0 aromatic rings. The number of hydrogen-bond donors (Lipinski definition) is 0. The maximum Gasteiger partial charge on any atom is 0.228 e. The van der Waals surface area contributed by atoms with E-state index >= 15 is 0 Å². The van der Waals surface area contributed by atoms with Gasteiger partial charge >= 0.3 is 0 Å². The van der Waals surface area contributed by atoms with Gasteiger partial charge < -0.3 is 4.90 Å². The van der Waals surface area contributed by atoms with Gasteiger partial charge in [0.2, 0.25) is 5.91 Å². The molecule has 4 saturated carbocycles. The van der Waals surface area contributed by atoms with Crippen LogP contribution in [-0.2, 0) is 4.79 Å². The standard InChI is InChI=1S/C15H24ClNO/c1-10(16)9-17(2)14(18)15-6-11-3-12(7-15)5-13(4-11)8-15/h10-13H,3-9H2,1-2H3. The van der Waals surface area contributed by atoms with Gasteiger partial charge in [0, 0.05) is 19.0 Å². The van der Waals surface area contributed by atoms with Crippen LogP contribution in [0.3, 0.4) is 0 Å². The van der Waals surface area contributed by atoms with Crippen molar-refractivity contribution in [2.75, 3.05) is 13.6 Å². The Morgan fingerprint density at radius 3 is 2.06 bits per heavy atom. The minimum absolute atomic E-state index is 0.00468. The third-order valence-corrected chi connectivity index (χ3v) is 5.50. The fraction of sp³-hybridized carbons (Fsp3) is 0.933. The van der Waals surface area contributed by atoms with E-state index in [-0.39, 0.29) is 10.8 Å². The van der Waals surface area contributed by atoms with E-state index < -0.39 is 0 Å². The van der Waals surface area contributed by atoms with Crippen LogP contribution in [0.5, 0.6) is 0 Å². The first-order valence-corrected chi connectivity index (χ1v) is 7.82. The molecule has 3 heteroatoms. The van der Waals surface area contributed by atoms with E-state index in [1.807, 2.05) is 18.9 Å². The van der Waals surface area contributed by atoms with Gasteiger partial charge in [0.25, 0.3) is 0 Å². The molecule has 0 N–H and O–H groups in total. The third-order valence-electron chi connectivity index (χ3n) is 5.36. The van der Waals surface area contributed by atoms with Gasteiger partial charge in [-0.25, -0.2) is 0 Å². The Morgan fingerprint density at radius 1 is 1.22 bits per heavy atom. The lowest BCUT2D eigenvalue weighted by molar-refractivity contribution is -0.156. The average molecular weight is 270 g/mol. The minimum Gasteiger partial charge on any atom is -0.344 e. The summed E-state index contributed by atoms with van der Waals surface area (Å²) in [5, 5.41) is 0.0489. The summed E-state index contributed by atoms with van der Waals surface area (Å²) in [5.74, 6) is 2.89. The fourth-order valence-electron chi connectivity index (χ4n) is 5.24. The van der Waals surface area contributed by atoms with Gasteiger partial charge in [-0.3, -0.25) is 4.79 Å². The number of carbonyl (C=O) groups is 1. The molecule has 1 unspecified atom stereocenters. The lowest BCUT2D eigenvalue weighted by Gasteiger charge is -2.56. The molecule has 1 atom stereocenters. The van der Waals surface area contributed by atoms with Crippen LogP contribution in [0, 0.1) is 23.2 Å². The molecule has 4 rings (SSSR count). The Kier molecular flexibility index (Phi) is 3.12. The molecule has 0 aromatic heterocycles. The van der Waals surface area contributed by atoms with Gasteiger partial charge in [-0.05, 0) is 63.2 Å². The summed E-state index contributed by atoms with van der Waals surface area (Å²) in [6, 6.07) is 0. The highest BCUT2D eigenvalue weighted by molar-refractivity contribution is 6.20. The quantitative estimate of drug-likeness (QED) is 0.720. The number of rotatable bonds is 3. The Bertz CT molecular complexity index is 317. The molecule has 0 heterocycles. The number of alkyl halides is 1. The van der Waals surface area contributed by atoms with Gasteiger partial charge in [-0.15, -0.1) is 11.6 Å². The number of halogens is 1. The lowest BCUT2D eigenvalue weighted by Crippen LogP contribution is -2.54. The van der Waals surface area contributed by atoms with E-state index in [0.717, 1.165) is 37.0 Å². The molecule has 4 aliphatic rings. The SMILES string of the molecule is CC(Cl)CN(C)C(=O)C12CC3CC(CC(C3)C1)C2. The Hall–Kier alpha value is -0.240. The first kappa shape index (κ1) is 12.8. The number of nitrogens with zero attached hydrogens (tertiary/aromatic N) is 1. The van der Waals surface area contributed by atoms with Crippen molar-refractivity contribution in [1.29, 1.82) is 0 Å². The molecule has 4 fully saturated rings. The van der Waals surface area contributed by atoms with Gasteiger partial charge in [-0.2, -0.15) is 0 Å². The van der Waals surface area contributed by atoms with Crippen LogP contribution >= 0.6 is 11.6 Å². The van der Waals surface area contributed by atoms with Crippen LogP contribution in [0.2, 0.25) is 0 Å². The van der Waals surface area contributed by atoms with Gasteiger partial charge in [0.1, 0.15) is 0 Å². The molecule has 0 spiro atoms. The van der Waals surface area contributed by atoms with Crippen molar-refractivity contribution in [1.82, 2.24) is 4.90 Å². The van der Waals surface area contributed by atoms with Gasteiger partial charge in [0.15, 0.2) is 0 Å². The summed E-state index contributed by atoms with van der Waals surface area (Å²) in [6.45, 7) is 2.65. The van der Waals surface area contributed by atoms with E-state index in [0.29, 0.717) is 12.5 Å². The van der Waals surface area contributed by atoms with Crippen LogP contribution in [-0.4, -0.2) is 29.8 Å². The van der Waals surface area contributed by atoms with E-state index in [1.165, 1.54) is 19.3 Å². The Morgan fingerprint density at radius 2 is 1.67 bits per heavy atom. The zero-order valence-corrected chi connectivity index (χ0v) is 12.2. The molecule has 0 aromatic carbocycles. The summed E-state index contributed by atoms with van der Waals surface area (Å²) < 4.78 is 0. The molecule has 4 bridgehead atoms. The molecule has 1 amide bonds. The van der Waals surface area contributed by atoms with Gasteiger partial charge in [0.05, 0.1) is 5.41 Å². The first-order chi connectivity index (χ1) is 8.48. The van der Waals surface area contributed by atoms with Crippen molar-refractivity contribution in [3.63, 3.8) is 0 Å². The largest absolute Gasteiger partial charge is 0.344 e. The van der Waals surface area contributed by atoms with Crippen molar-refractivity contribution in [2.45, 2.75) is 50.8 Å². The predicted molar refractivity (Wildman–Crippen MR) is 73.6 cm³/mol. The monoisotopic (exact) mass is 269 g/mol. The van der Waals surface area contributed by atoms with Crippen LogP contribution < -0.4 is 0 Å². The highest BCUT2D eigenvalue weighted by Gasteiger charge is 2.55. The second-order valence-corrected chi connectivity index (χ2v) is 7.91. The van der Waals surface area contributed by atoms with Crippen LogP contribution in [0.15, 0.2) is 0 Å². The van der Waals surface area contributed by atoms with E-state index in [9.17, 15) is 4.79 Å². The Labute approximate surface area is 115 Å².